The fourth-order valence-electron chi connectivity index (χ4n) is 12.4. The van der Waals surface area contributed by atoms with Crippen LogP contribution in [0, 0.1) is 13.8 Å². The normalized spacial score (nSPS) is 13.6. The summed E-state index contributed by atoms with van der Waals surface area (Å²) in [7, 11) is 0. The molecule has 0 aliphatic heterocycles. The molecule has 0 radical (unpaired) electrons. The highest BCUT2D eigenvalue weighted by atomic mass is 15.1. The molecule has 0 saturated carbocycles. The maximum Gasteiger partial charge on any atom is 0.0540 e. The van der Waals surface area contributed by atoms with Crippen molar-refractivity contribution in [3.05, 3.63) is 264 Å². The van der Waals surface area contributed by atoms with Crippen molar-refractivity contribution in [2.75, 3.05) is 9.80 Å². The molecule has 0 bridgehead atoms. The van der Waals surface area contributed by atoms with Gasteiger partial charge in [0.2, 0.25) is 0 Å². The summed E-state index contributed by atoms with van der Waals surface area (Å²) in [6.45, 7) is 14.4. The van der Waals surface area contributed by atoms with E-state index in [9.17, 15) is 0 Å². The SMILES string of the molecule is Cc1cc(N(c2ccc(-c3ccccc3)cc2)c2cccc3ccccc23)cc2c1-c1cc3c(cc1C2(C)C)-c1c(C)cc(N(c2ccc(-c4ccccc4)cc2)c2cccc4ccccc24)cc1C3(C)C. The van der Waals surface area contributed by atoms with Crippen LogP contribution in [-0.2, 0) is 10.8 Å². The van der Waals surface area contributed by atoms with Gasteiger partial charge in [-0.1, -0.05) is 185 Å². The highest BCUT2D eigenvalue weighted by molar-refractivity contribution is 6.02. The van der Waals surface area contributed by atoms with Crippen molar-refractivity contribution in [2.24, 2.45) is 0 Å². The van der Waals surface area contributed by atoms with E-state index >= 15 is 0 Å². The first-order chi connectivity index (χ1) is 35.0. The standard InChI is InChI=1S/C70H56N2/c1-45-39-55(71(65-29-17-25-51-23-13-15-27-57(51)65)53-35-31-49(32-36-53)47-19-9-7-10-20-47)41-63-67(45)59-43-62-60(44-61(59)69(63,3)4)68-46(2)40-56(42-64(68)70(62,5)6)72(66-30-18-26-52-24-14-16-28-58(52)66)54-37-33-50(34-38-54)48-21-11-8-12-22-48/h7-44H,1-6H3. The molecular formula is C70H56N2. The van der Waals surface area contributed by atoms with Crippen LogP contribution in [0.5, 0.6) is 0 Å². The topological polar surface area (TPSA) is 6.48 Å². The third kappa shape index (κ3) is 6.84. The maximum atomic E-state index is 2.57. The highest BCUT2D eigenvalue weighted by Gasteiger charge is 2.43. The van der Waals surface area contributed by atoms with Crippen molar-refractivity contribution in [1.82, 2.24) is 0 Å². The molecule has 0 heterocycles. The second-order valence-electron chi connectivity index (χ2n) is 21.1. The molecule has 0 N–H and O–H groups in total. The van der Waals surface area contributed by atoms with Gasteiger partial charge in [0.05, 0.1) is 11.4 Å². The molecular weight excluding hydrogens is 869 g/mol. The minimum Gasteiger partial charge on any atom is -0.310 e. The van der Waals surface area contributed by atoms with Gasteiger partial charge in [0.25, 0.3) is 0 Å². The zero-order chi connectivity index (χ0) is 48.9. The Hall–Kier alpha value is -8.46. The fourth-order valence-corrected chi connectivity index (χ4v) is 12.4. The lowest BCUT2D eigenvalue weighted by Gasteiger charge is -2.30. The first-order valence-electron chi connectivity index (χ1n) is 25.4. The summed E-state index contributed by atoms with van der Waals surface area (Å²) in [4.78, 5) is 4.95. The molecule has 0 spiro atoms. The maximum absolute atomic E-state index is 2.57. The highest BCUT2D eigenvalue weighted by Crippen LogP contribution is 2.59. The summed E-state index contributed by atoms with van der Waals surface area (Å²) < 4.78 is 0. The third-order valence-electron chi connectivity index (χ3n) is 16.0. The predicted octanol–water partition coefficient (Wildman–Crippen LogP) is 19.5. The second kappa shape index (κ2) is 16.6. The smallest absolute Gasteiger partial charge is 0.0540 e. The lowest BCUT2D eigenvalue weighted by Crippen LogP contribution is -2.18. The summed E-state index contributed by atoms with van der Waals surface area (Å²) in [6.07, 6.45) is 0. The molecule has 72 heavy (non-hydrogen) atoms. The molecule has 0 fully saturated rings. The van der Waals surface area contributed by atoms with Crippen LogP contribution in [0.4, 0.5) is 34.1 Å². The van der Waals surface area contributed by atoms with E-state index in [2.05, 4.69) is 282 Å². The van der Waals surface area contributed by atoms with E-state index in [0.29, 0.717) is 0 Å². The van der Waals surface area contributed by atoms with Gasteiger partial charge in [-0.2, -0.15) is 0 Å². The Bertz CT molecular complexity index is 3650. The summed E-state index contributed by atoms with van der Waals surface area (Å²) in [5, 5.41) is 4.91. The van der Waals surface area contributed by atoms with Crippen molar-refractivity contribution in [1.29, 1.82) is 0 Å². The lowest BCUT2D eigenvalue weighted by molar-refractivity contribution is 0.652. The van der Waals surface area contributed by atoms with Gasteiger partial charge in [0.1, 0.15) is 0 Å². The van der Waals surface area contributed by atoms with Crippen LogP contribution < -0.4 is 9.80 Å². The Morgan fingerprint density at radius 1 is 0.292 bits per heavy atom. The third-order valence-corrected chi connectivity index (χ3v) is 16.0. The lowest BCUT2D eigenvalue weighted by atomic mass is 9.79. The second-order valence-corrected chi connectivity index (χ2v) is 21.1. The van der Waals surface area contributed by atoms with Gasteiger partial charge in [-0.05, 0) is 175 Å². The van der Waals surface area contributed by atoms with Crippen LogP contribution in [0.15, 0.2) is 231 Å². The van der Waals surface area contributed by atoms with Gasteiger partial charge < -0.3 is 9.80 Å². The van der Waals surface area contributed by atoms with Gasteiger partial charge >= 0.3 is 0 Å². The zero-order valence-electron chi connectivity index (χ0n) is 41.8. The van der Waals surface area contributed by atoms with E-state index in [4.69, 9.17) is 0 Å². The Morgan fingerprint density at radius 2 is 0.639 bits per heavy atom. The van der Waals surface area contributed by atoms with Crippen molar-refractivity contribution in [3.8, 4) is 44.5 Å². The van der Waals surface area contributed by atoms with Crippen molar-refractivity contribution >= 4 is 55.7 Å². The summed E-state index contributed by atoms with van der Waals surface area (Å²) in [6, 6.07) is 85.4. The average Bonchev–Trinajstić information content (AvgIpc) is 3.78. The van der Waals surface area contributed by atoms with Crippen LogP contribution >= 0.6 is 0 Å². The van der Waals surface area contributed by atoms with Crippen LogP contribution in [0.2, 0.25) is 0 Å². The summed E-state index contributed by atoms with van der Waals surface area (Å²) in [5.41, 5.74) is 24.8. The van der Waals surface area contributed by atoms with Crippen molar-refractivity contribution < 1.29 is 0 Å². The molecule has 0 aromatic heterocycles. The van der Waals surface area contributed by atoms with Crippen LogP contribution in [0.25, 0.3) is 66.1 Å². The number of hydrogen-bond acceptors (Lipinski definition) is 2. The molecule has 2 aliphatic carbocycles. The number of benzene rings is 11. The molecule has 11 aromatic carbocycles. The van der Waals surface area contributed by atoms with Crippen LogP contribution in [-0.4, -0.2) is 0 Å². The van der Waals surface area contributed by atoms with Crippen molar-refractivity contribution in [3.63, 3.8) is 0 Å². The number of fused-ring (bicyclic) bond motifs is 8. The van der Waals surface area contributed by atoms with Crippen LogP contribution in [0.3, 0.4) is 0 Å². The molecule has 346 valence electrons. The molecule has 0 amide bonds. The van der Waals surface area contributed by atoms with Gasteiger partial charge in [-0.3, -0.25) is 0 Å². The minimum absolute atomic E-state index is 0.250. The van der Waals surface area contributed by atoms with Gasteiger partial charge in [-0.25, -0.2) is 0 Å². The number of hydrogen-bond donors (Lipinski definition) is 0. The average molecular weight is 925 g/mol. The van der Waals surface area contributed by atoms with Crippen LogP contribution in [0.1, 0.15) is 61.1 Å². The summed E-state index contributed by atoms with van der Waals surface area (Å²) >= 11 is 0. The number of aryl methyl sites for hydroxylation is 2. The van der Waals surface area contributed by atoms with Gasteiger partial charge in [0, 0.05) is 44.4 Å². The Morgan fingerprint density at radius 3 is 1.04 bits per heavy atom. The Kier molecular flexibility index (Phi) is 10.0. The molecule has 2 aliphatic rings. The zero-order valence-corrected chi connectivity index (χ0v) is 41.8. The van der Waals surface area contributed by atoms with E-state index in [1.165, 1.54) is 122 Å². The Balaban J connectivity index is 0.930. The van der Waals surface area contributed by atoms with E-state index in [1.807, 2.05) is 0 Å². The fraction of sp³-hybridized carbons (Fsp3) is 0.114. The minimum atomic E-state index is -0.250. The molecule has 13 rings (SSSR count). The number of rotatable bonds is 8. The monoisotopic (exact) mass is 924 g/mol. The number of nitrogens with zero attached hydrogens (tertiary/aromatic N) is 2. The number of anilines is 6. The largest absolute Gasteiger partial charge is 0.310 e. The van der Waals surface area contributed by atoms with Crippen molar-refractivity contribution in [2.45, 2.75) is 52.4 Å². The van der Waals surface area contributed by atoms with E-state index in [1.54, 1.807) is 0 Å². The van der Waals surface area contributed by atoms with E-state index in [-0.39, 0.29) is 10.8 Å². The first kappa shape index (κ1) is 43.6. The van der Waals surface area contributed by atoms with Gasteiger partial charge in [0.15, 0.2) is 0 Å². The first-order valence-corrected chi connectivity index (χ1v) is 25.4. The molecule has 0 unspecified atom stereocenters. The predicted molar refractivity (Wildman–Crippen MR) is 306 cm³/mol. The van der Waals surface area contributed by atoms with E-state index in [0.717, 1.165) is 11.4 Å². The quantitative estimate of drug-likeness (QED) is 0.150. The molecule has 2 heteroatoms. The van der Waals surface area contributed by atoms with Gasteiger partial charge in [-0.15, -0.1) is 0 Å². The molecule has 0 atom stereocenters. The molecule has 2 nitrogen and oxygen atoms in total. The Labute approximate surface area is 424 Å². The summed E-state index contributed by atoms with van der Waals surface area (Å²) in [5.74, 6) is 0. The molecule has 0 saturated heterocycles. The van der Waals surface area contributed by atoms with E-state index < -0.39 is 0 Å². The molecule has 11 aromatic rings.